The van der Waals surface area contributed by atoms with E-state index in [9.17, 15) is 34.8 Å². The number of carbonyl (C=O) groups is 1. The Morgan fingerprint density at radius 1 is 0.881 bits per heavy atom. The smallest absolute Gasteiger partial charge is 0.417 e. The van der Waals surface area contributed by atoms with Gasteiger partial charge in [-0.2, -0.15) is 17.5 Å². The third kappa shape index (κ3) is 6.86. The fourth-order valence-electron chi connectivity index (χ4n) is 4.76. The van der Waals surface area contributed by atoms with Gasteiger partial charge in [-0.3, -0.25) is 0 Å². The molecule has 1 heterocycles. The predicted molar refractivity (Wildman–Crippen MR) is 151 cm³/mol. The van der Waals surface area contributed by atoms with Gasteiger partial charge in [0.2, 0.25) is 20.0 Å². The van der Waals surface area contributed by atoms with Crippen molar-refractivity contribution in [2.45, 2.75) is 61.0 Å². The Kier molecular flexibility index (Phi) is 8.62. The summed E-state index contributed by atoms with van der Waals surface area (Å²) in [6, 6.07) is 14.2. The molecule has 1 aliphatic heterocycles. The van der Waals surface area contributed by atoms with Crippen molar-refractivity contribution in [1.82, 2.24) is 9.03 Å². The minimum absolute atomic E-state index is 0.0106. The number of halogens is 3. The second kappa shape index (κ2) is 11.4. The SMILES string of the molecule is CC(C)(C)c1ccc(-c2ccc(S(=O)(=O)NC3CCN(S(=O)(=O)c4cccc(C(=O)O)c4)CC3)c(C(F)(F)F)c2)cc1. The van der Waals surface area contributed by atoms with Crippen LogP contribution in [0, 0.1) is 0 Å². The topological polar surface area (TPSA) is 121 Å². The number of carboxylic acid groups (broad SMARTS) is 1. The maximum atomic E-state index is 14.1. The van der Waals surface area contributed by atoms with Gasteiger partial charge in [0.15, 0.2) is 0 Å². The maximum absolute atomic E-state index is 14.1. The van der Waals surface area contributed by atoms with Gasteiger partial charge < -0.3 is 5.11 Å². The quantitative estimate of drug-likeness (QED) is 0.358. The van der Waals surface area contributed by atoms with Gasteiger partial charge in [0.1, 0.15) is 0 Å². The van der Waals surface area contributed by atoms with Crippen LogP contribution in [0.2, 0.25) is 0 Å². The van der Waals surface area contributed by atoms with Crippen molar-refractivity contribution in [3.8, 4) is 11.1 Å². The van der Waals surface area contributed by atoms with Gasteiger partial charge in [0.25, 0.3) is 0 Å². The lowest BCUT2D eigenvalue weighted by atomic mass is 9.86. The number of nitrogens with zero attached hydrogens (tertiary/aromatic N) is 1. The first kappa shape index (κ1) is 31.7. The molecule has 1 saturated heterocycles. The number of alkyl halides is 3. The molecule has 4 rings (SSSR count). The molecule has 8 nitrogen and oxygen atoms in total. The van der Waals surface area contributed by atoms with Crippen molar-refractivity contribution in [3.63, 3.8) is 0 Å². The normalized spacial score (nSPS) is 16.0. The van der Waals surface area contributed by atoms with Crippen LogP contribution in [0.25, 0.3) is 11.1 Å². The Bertz CT molecular complexity index is 1690. The first-order valence-corrected chi connectivity index (χ1v) is 16.0. The molecule has 0 amide bonds. The summed E-state index contributed by atoms with van der Waals surface area (Å²) in [5.74, 6) is -1.29. The Labute approximate surface area is 243 Å². The zero-order valence-corrected chi connectivity index (χ0v) is 24.8. The molecule has 42 heavy (non-hydrogen) atoms. The lowest BCUT2D eigenvalue weighted by Crippen LogP contribution is -2.46. The summed E-state index contributed by atoms with van der Waals surface area (Å²) in [7, 11) is -8.68. The van der Waals surface area contributed by atoms with Crippen LogP contribution in [-0.4, -0.2) is 51.3 Å². The van der Waals surface area contributed by atoms with E-state index in [-0.39, 0.29) is 47.4 Å². The molecule has 0 bridgehead atoms. The molecule has 0 atom stereocenters. The molecular formula is C29H31F3N2O6S2. The first-order valence-electron chi connectivity index (χ1n) is 13.1. The Balaban J connectivity index is 1.52. The van der Waals surface area contributed by atoms with Crippen LogP contribution in [-0.2, 0) is 31.6 Å². The van der Waals surface area contributed by atoms with Crippen LogP contribution in [0.4, 0.5) is 13.2 Å². The van der Waals surface area contributed by atoms with Crippen LogP contribution in [0.15, 0.2) is 76.5 Å². The van der Waals surface area contributed by atoms with Crippen molar-refractivity contribution < 1.29 is 39.9 Å². The van der Waals surface area contributed by atoms with E-state index in [1.165, 1.54) is 24.3 Å². The summed E-state index contributed by atoms with van der Waals surface area (Å²) in [6.07, 6.45) is -4.93. The number of carboxylic acids is 1. The van der Waals surface area contributed by atoms with Crippen LogP contribution >= 0.6 is 0 Å². The van der Waals surface area contributed by atoms with E-state index in [0.717, 1.165) is 28.1 Å². The second-order valence-corrected chi connectivity index (χ2v) is 14.8. The number of sulfonamides is 2. The zero-order chi connectivity index (χ0) is 31.1. The van der Waals surface area contributed by atoms with E-state index in [2.05, 4.69) is 4.72 Å². The minimum atomic E-state index is -4.95. The molecule has 13 heteroatoms. The lowest BCUT2D eigenvalue weighted by molar-refractivity contribution is -0.139. The fraction of sp³-hybridized carbons (Fsp3) is 0.345. The van der Waals surface area contributed by atoms with E-state index in [0.29, 0.717) is 5.56 Å². The molecular weight excluding hydrogens is 593 g/mol. The fourth-order valence-corrected chi connectivity index (χ4v) is 7.79. The second-order valence-electron chi connectivity index (χ2n) is 11.2. The molecule has 1 aliphatic rings. The van der Waals surface area contributed by atoms with Crippen LogP contribution in [0.1, 0.15) is 55.1 Å². The summed E-state index contributed by atoms with van der Waals surface area (Å²) in [4.78, 5) is 10.1. The summed E-state index contributed by atoms with van der Waals surface area (Å²) in [6.45, 7) is 5.82. The lowest BCUT2D eigenvalue weighted by Gasteiger charge is -2.31. The van der Waals surface area contributed by atoms with E-state index in [4.69, 9.17) is 5.11 Å². The van der Waals surface area contributed by atoms with Crippen molar-refractivity contribution in [2.75, 3.05) is 13.1 Å². The van der Waals surface area contributed by atoms with Gasteiger partial charge in [0.05, 0.1) is 20.9 Å². The molecule has 2 N–H and O–H groups in total. The van der Waals surface area contributed by atoms with Crippen LogP contribution in [0.5, 0.6) is 0 Å². The summed E-state index contributed by atoms with van der Waals surface area (Å²) in [5, 5.41) is 9.16. The van der Waals surface area contributed by atoms with Crippen molar-refractivity contribution in [2.24, 2.45) is 0 Å². The molecule has 0 spiro atoms. The van der Waals surface area contributed by atoms with Gasteiger partial charge in [-0.1, -0.05) is 57.2 Å². The third-order valence-corrected chi connectivity index (χ3v) is 10.6. The molecule has 0 saturated carbocycles. The average Bonchev–Trinajstić information content (AvgIpc) is 2.92. The Morgan fingerprint density at radius 2 is 1.48 bits per heavy atom. The van der Waals surface area contributed by atoms with Crippen LogP contribution < -0.4 is 4.72 Å². The highest BCUT2D eigenvalue weighted by Crippen LogP contribution is 2.38. The molecule has 0 unspecified atom stereocenters. The molecule has 226 valence electrons. The molecule has 1 fully saturated rings. The molecule has 0 aliphatic carbocycles. The summed E-state index contributed by atoms with van der Waals surface area (Å²) in [5.41, 5.74) is 0.0710. The monoisotopic (exact) mass is 624 g/mol. The van der Waals surface area contributed by atoms with E-state index < -0.39 is 48.7 Å². The summed E-state index contributed by atoms with van der Waals surface area (Å²) < 4.78 is 98.1. The Hall–Kier alpha value is -3.26. The predicted octanol–water partition coefficient (Wildman–Crippen LogP) is 5.50. The number of rotatable bonds is 7. The van der Waals surface area contributed by atoms with Crippen molar-refractivity contribution in [1.29, 1.82) is 0 Å². The Morgan fingerprint density at radius 3 is 2.02 bits per heavy atom. The van der Waals surface area contributed by atoms with Gasteiger partial charge in [-0.05, 0) is 65.3 Å². The molecule has 0 aromatic heterocycles. The zero-order valence-electron chi connectivity index (χ0n) is 23.1. The highest BCUT2D eigenvalue weighted by molar-refractivity contribution is 7.89. The maximum Gasteiger partial charge on any atom is 0.417 e. The number of piperidine rings is 1. The van der Waals surface area contributed by atoms with Crippen LogP contribution in [0.3, 0.4) is 0 Å². The summed E-state index contributed by atoms with van der Waals surface area (Å²) >= 11 is 0. The highest BCUT2D eigenvalue weighted by Gasteiger charge is 2.39. The van der Waals surface area contributed by atoms with Gasteiger partial charge >= 0.3 is 12.1 Å². The number of hydrogen-bond acceptors (Lipinski definition) is 5. The van der Waals surface area contributed by atoms with E-state index in [1.54, 1.807) is 12.1 Å². The molecule has 0 radical (unpaired) electrons. The first-order chi connectivity index (χ1) is 19.4. The van der Waals surface area contributed by atoms with Crippen molar-refractivity contribution in [3.05, 3.63) is 83.4 Å². The average molecular weight is 625 g/mol. The third-order valence-electron chi connectivity index (χ3n) is 7.15. The largest absolute Gasteiger partial charge is 0.478 e. The number of hydrogen-bond donors (Lipinski definition) is 2. The van der Waals surface area contributed by atoms with Gasteiger partial charge in [-0.15, -0.1) is 0 Å². The highest BCUT2D eigenvalue weighted by atomic mass is 32.2. The number of aromatic carboxylic acids is 1. The molecule has 3 aromatic rings. The van der Waals surface area contributed by atoms with Gasteiger partial charge in [0, 0.05) is 19.1 Å². The number of benzene rings is 3. The standard InChI is InChI=1S/C29H31F3N2O6S2/c1-28(2,3)22-10-7-19(8-11-22)20-9-12-26(25(18-20)29(30,31)32)41(37,38)33-23-13-15-34(16-14-23)42(39,40)24-6-4-5-21(17-24)27(35)36/h4-12,17-18,23,33H,13-16H2,1-3H3,(H,35,36). The van der Waals surface area contributed by atoms with E-state index in [1.807, 2.05) is 32.9 Å². The van der Waals surface area contributed by atoms with E-state index >= 15 is 0 Å². The van der Waals surface area contributed by atoms with Gasteiger partial charge in [-0.25, -0.2) is 26.4 Å². The van der Waals surface area contributed by atoms with Crippen molar-refractivity contribution >= 4 is 26.0 Å². The number of nitrogens with one attached hydrogen (secondary N) is 1. The molecule has 3 aromatic carbocycles. The minimum Gasteiger partial charge on any atom is -0.478 e.